The fourth-order valence-corrected chi connectivity index (χ4v) is 3.11. The number of rotatable bonds is 6. The van der Waals surface area contributed by atoms with Crippen LogP contribution >= 0.6 is 0 Å². The lowest BCUT2D eigenvalue weighted by molar-refractivity contribution is 0.0666. The maximum absolute atomic E-state index is 9.94. The molecule has 0 aromatic rings. The van der Waals surface area contributed by atoms with Crippen molar-refractivity contribution in [2.24, 2.45) is 5.92 Å². The maximum Gasteiger partial charge on any atom is 0.0670 e. The fraction of sp³-hybridized carbons (Fsp3) is 0.857. The third-order valence-corrected chi connectivity index (χ3v) is 4.26. The van der Waals surface area contributed by atoms with Crippen molar-refractivity contribution in [3.8, 4) is 0 Å². The van der Waals surface area contributed by atoms with Gasteiger partial charge in [-0.15, -0.1) is 6.58 Å². The Kier molecular flexibility index (Phi) is 4.42. The third-order valence-electron chi connectivity index (χ3n) is 4.26. The molecule has 2 atom stereocenters. The van der Waals surface area contributed by atoms with Crippen LogP contribution in [-0.2, 0) is 0 Å². The van der Waals surface area contributed by atoms with Gasteiger partial charge in [-0.25, -0.2) is 0 Å². The topological polar surface area (TPSA) is 23.5 Å². The lowest BCUT2D eigenvalue weighted by Gasteiger charge is -2.37. The molecule has 1 aliphatic carbocycles. The van der Waals surface area contributed by atoms with Gasteiger partial charge in [0.1, 0.15) is 0 Å². The summed E-state index contributed by atoms with van der Waals surface area (Å²) < 4.78 is 0. The number of likely N-dealkylation sites (tertiary alicyclic amines) is 1. The second kappa shape index (κ2) is 5.83. The molecule has 2 heteroatoms. The summed E-state index contributed by atoms with van der Waals surface area (Å²) in [6, 6.07) is 0.784. The second-order valence-corrected chi connectivity index (χ2v) is 5.42. The van der Waals surface area contributed by atoms with E-state index in [2.05, 4.69) is 11.5 Å². The highest BCUT2D eigenvalue weighted by Gasteiger charge is 2.35. The van der Waals surface area contributed by atoms with Crippen LogP contribution in [0.5, 0.6) is 0 Å². The van der Waals surface area contributed by atoms with Crippen LogP contribution in [0, 0.1) is 5.92 Å². The standard InChI is InChI=1S/C14H25NO/c1-2-3-8-13(16)11-15-10-5-9-14(15)12-6-4-7-12/h2,12-14,16H,1,3-11H2. The number of aliphatic hydroxyl groups is 1. The molecule has 1 N–H and O–H groups in total. The summed E-state index contributed by atoms with van der Waals surface area (Å²) in [5.74, 6) is 0.939. The number of allylic oxidation sites excluding steroid dienone is 1. The van der Waals surface area contributed by atoms with E-state index >= 15 is 0 Å². The first-order chi connectivity index (χ1) is 7.81. The molecule has 1 saturated carbocycles. The second-order valence-electron chi connectivity index (χ2n) is 5.42. The maximum atomic E-state index is 9.94. The molecular formula is C14H25NO. The van der Waals surface area contributed by atoms with Gasteiger partial charge in [0.15, 0.2) is 0 Å². The molecule has 0 aromatic carbocycles. The Hall–Kier alpha value is -0.340. The number of hydrogen-bond acceptors (Lipinski definition) is 2. The van der Waals surface area contributed by atoms with E-state index in [-0.39, 0.29) is 6.10 Å². The Morgan fingerprint density at radius 1 is 1.31 bits per heavy atom. The van der Waals surface area contributed by atoms with E-state index in [1.165, 1.54) is 38.6 Å². The van der Waals surface area contributed by atoms with Crippen LogP contribution in [0.15, 0.2) is 12.7 Å². The molecule has 0 amide bonds. The third kappa shape index (κ3) is 2.86. The van der Waals surface area contributed by atoms with Gasteiger partial charge in [-0.2, -0.15) is 0 Å². The van der Waals surface area contributed by atoms with Crippen LogP contribution in [0.1, 0.15) is 44.9 Å². The predicted octanol–water partition coefficient (Wildman–Crippen LogP) is 2.58. The van der Waals surface area contributed by atoms with E-state index < -0.39 is 0 Å². The lowest BCUT2D eigenvalue weighted by atomic mass is 9.79. The van der Waals surface area contributed by atoms with Crippen LogP contribution < -0.4 is 0 Å². The first-order valence-electron chi connectivity index (χ1n) is 6.84. The number of hydrogen-bond donors (Lipinski definition) is 1. The number of β-amino-alcohol motifs (C(OH)–C–C–N with tert-alkyl or cyclic N) is 1. The van der Waals surface area contributed by atoms with E-state index in [1.807, 2.05) is 6.08 Å². The molecule has 0 aromatic heterocycles. The van der Waals surface area contributed by atoms with Crippen molar-refractivity contribution in [1.82, 2.24) is 4.90 Å². The summed E-state index contributed by atoms with van der Waals surface area (Å²) in [6.45, 7) is 5.79. The predicted molar refractivity (Wildman–Crippen MR) is 67.4 cm³/mol. The van der Waals surface area contributed by atoms with Gasteiger partial charge in [0.2, 0.25) is 0 Å². The van der Waals surface area contributed by atoms with Crippen molar-refractivity contribution in [3.05, 3.63) is 12.7 Å². The first-order valence-corrected chi connectivity index (χ1v) is 6.84. The SMILES string of the molecule is C=CCCC(O)CN1CCCC1C1CCC1. The Labute approximate surface area is 99.3 Å². The summed E-state index contributed by atoms with van der Waals surface area (Å²) >= 11 is 0. The summed E-state index contributed by atoms with van der Waals surface area (Å²) in [5.41, 5.74) is 0. The van der Waals surface area contributed by atoms with Gasteiger partial charge in [-0.1, -0.05) is 12.5 Å². The molecule has 0 radical (unpaired) electrons. The zero-order valence-electron chi connectivity index (χ0n) is 10.3. The number of nitrogens with zero attached hydrogens (tertiary/aromatic N) is 1. The van der Waals surface area contributed by atoms with Gasteiger partial charge in [0.05, 0.1) is 6.10 Å². The highest BCUT2D eigenvalue weighted by molar-refractivity contribution is 4.89. The highest BCUT2D eigenvalue weighted by Crippen LogP contribution is 2.37. The van der Waals surface area contributed by atoms with Crippen LogP contribution in [0.2, 0.25) is 0 Å². The van der Waals surface area contributed by atoms with Crippen molar-refractivity contribution in [2.45, 2.75) is 57.1 Å². The van der Waals surface area contributed by atoms with E-state index in [9.17, 15) is 5.11 Å². The minimum absolute atomic E-state index is 0.154. The van der Waals surface area contributed by atoms with Gasteiger partial charge >= 0.3 is 0 Å². The molecule has 2 unspecified atom stereocenters. The van der Waals surface area contributed by atoms with Crippen molar-refractivity contribution in [3.63, 3.8) is 0 Å². The van der Waals surface area contributed by atoms with Gasteiger partial charge < -0.3 is 5.11 Å². The summed E-state index contributed by atoms with van der Waals surface area (Å²) in [6.07, 6.45) is 10.5. The highest BCUT2D eigenvalue weighted by atomic mass is 16.3. The summed E-state index contributed by atoms with van der Waals surface area (Å²) in [5, 5.41) is 9.94. The van der Waals surface area contributed by atoms with E-state index in [1.54, 1.807) is 0 Å². The van der Waals surface area contributed by atoms with Crippen molar-refractivity contribution in [2.75, 3.05) is 13.1 Å². The van der Waals surface area contributed by atoms with Crippen LogP contribution in [0.4, 0.5) is 0 Å². The Bertz CT molecular complexity index is 225. The normalized spacial score (nSPS) is 28.9. The Balaban J connectivity index is 1.76. The van der Waals surface area contributed by atoms with Crippen LogP contribution in [-0.4, -0.2) is 35.2 Å². The molecule has 2 aliphatic rings. The van der Waals surface area contributed by atoms with Crippen LogP contribution in [0.25, 0.3) is 0 Å². The molecular weight excluding hydrogens is 198 g/mol. The molecule has 1 aliphatic heterocycles. The quantitative estimate of drug-likeness (QED) is 0.700. The van der Waals surface area contributed by atoms with Gasteiger partial charge in [-0.3, -0.25) is 4.90 Å². The van der Waals surface area contributed by atoms with Crippen LogP contribution in [0.3, 0.4) is 0 Å². The molecule has 2 fully saturated rings. The Morgan fingerprint density at radius 3 is 2.75 bits per heavy atom. The minimum atomic E-state index is -0.154. The molecule has 1 heterocycles. The molecule has 0 bridgehead atoms. The first kappa shape index (κ1) is 12.1. The average Bonchev–Trinajstić information content (AvgIpc) is 2.61. The Morgan fingerprint density at radius 2 is 2.12 bits per heavy atom. The molecule has 0 spiro atoms. The monoisotopic (exact) mass is 223 g/mol. The summed E-state index contributed by atoms with van der Waals surface area (Å²) in [4.78, 5) is 2.54. The van der Waals surface area contributed by atoms with Gasteiger partial charge in [0.25, 0.3) is 0 Å². The van der Waals surface area contributed by atoms with Gasteiger partial charge in [-0.05, 0) is 51.0 Å². The van der Waals surface area contributed by atoms with Gasteiger partial charge in [0, 0.05) is 12.6 Å². The largest absolute Gasteiger partial charge is 0.392 e. The lowest BCUT2D eigenvalue weighted by Crippen LogP contribution is -2.42. The zero-order chi connectivity index (χ0) is 11.4. The zero-order valence-corrected chi connectivity index (χ0v) is 10.3. The van der Waals surface area contributed by atoms with E-state index in [4.69, 9.17) is 0 Å². The molecule has 92 valence electrons. The molecule has 1 saturated heterocycles. The number of aliphatic hydroxyl groups excluding tert-OH is 1. The van der Waals surface area contributed by atoms with Crippen molar-refractivity contribution >= 4 is 0 Å². The van der Waals surface area contributed by atoms with Crippen molar-refractivity contribution < 1.29 is 5.11 Å². The van der Waals surface area contributed by atoms with Crippen molar-refractivity contribution in [1.29, 1.82) is 0 Å². The fourth-order valence-electron chi connectivity index (χ4n) is 3.11. The average molecular weight is 223 g/mol. The smallest absolute Gasteiger partial charge is 0.0670 e. The molecule has 16 heavy (non-hydrogen) atoms. The van der Waals surface area contributed by atoms with E-state index in [0.717, 1.165) is 31.3 Å². The molecule has 2 rings (SSSR count). The summed E-state index contributed by atoms with van der Waals surface area (Å²) in [7, 11) is 0. The molecule has 2 nitrogen and oxygen atoms in total. The minimum Gasteiger partial charge on any atom is -0.392 e. The van der Waals surface area contributed by atoms with E-state index in [0.29, 0.717) is 0 Å².